The van der Waals surface area contributed by atoms with Crippen LogP contribution in [0.1, 0.15) is 38.3 Å². The van der Waals surface area contributed by atoms with Crippen LogP contribution in [0.4, 0.5) is 0 Å². The van der Waals surface area contributed by atoms with E-state index in [0.717, 1.165) is 23.2 Å². The summed E-state index contributed by atoms with van der Waals surface area (Å²) in [5.41, 5.74) is 1.26. The summed E-state index contributed by atoms with van der Waals surface area (Å²) in [6, 6.07) is 0. The molecule has 1 N–H and O–H groups in total. The molecule has 1 aliphatic carbocycles. The predicted molar refractivity (Wildman–Crippen MR) is 65.5 cm³/mol. The fourth-order valence-electron chi connectivity index (χ4n) is 2.69. The molecule has 1 aromatic rings. The van der Waals surface area contributed by atoms with Crippen LogP contribution in [0.5, 0.6) is 0 Å². The van der Waals surface area contributed by atoms with Crippen molar-refractivity contribution in [2.75, 3.05) is 0 Å². The second-order valence-corrected chi connectivity index (χ2v) is 5.37. The van der Waals surface area contributed by atoms with Crippen molar-refractivity contribution in [3.8, 4) is 0 Å². The summed E-state index contributed by atoms with van der Waals surface area (Å²) < 4.78 is 3.13. The third-order valence-electron chi connectivity index (χ3n) is 3.56. The molecular weight excluding hydrogens is 204 g/mol. The summed E-state index contributed by atoms with van der Waals surface area (Å²) in [6.45, 7) is 5.60. The van der Waals surface area contributed by atoms with Crippen molar-refractivity contribution in [2.45, 2.75) is 46.1 Å². The third-order valence-corrected chi connectivity index (χ3v) is 3.90. The number of imidazole rings is 1. The number of nitrogens with one attached hydrogen (secondary N) is 1. The lowest BCUT2D eigenvalue weighted by molar-refractivity contribution is 0.255. The van der Waals surface area contributed by atoms with E-state index in [1.165, 1.54) is 31.4 Å². The van der Waals surface area contributed by atoms with E-state index in [4.69, 9.17) is 12.2 Å². The topological polar surface area (TPSA) is 20.7 Å². The number of hydrogen-bond donors (Lipinski definition) is 1. The van der Waals surface area contributed by atoms with Crippen LogP contribution in [0.2, 0.25) is 0 Å². The van der Waals surface area contributed by atoms with E-state index in [0.29, 0.717) is 0 Å². The molecule has 1 heterocycles. The monoisotopic (exact) mass is 224 g/mol. The number of rotatable bonds is 2. The molecule has 2 nitrogen and oxygen atoms in total. The summed E-state index contributed by atoms with van der Waals surface area (Å²) in [6.07, 6.45) is 7.55. The zero-order valence-corrected chi connectivity index (χ0v) is 10.4. The maximum atomic E-state index is 5.28. The standard InChI is InChI=1S/C12H20N2S/c1-9-4-3-5-11(6-9)8-14-10(2)7-13-12(14)15/h7,9,11H,3-6,8H2,1-2H3,(H,13,15). The lowest BCUT2D eigenvalue weighted by Gasteiger charge is -2.27. The van der Waals surface area contributed by atoms with Gasteiger partial charge in [0.1, 0.15) is 0 Å². The predicted octanol–water partition coefficient (Wildman–Crippen LogP) is 3.68. The molecule has 0 aromatic carbocycles. The maximum absolute atomic E-state index is 5.28. The zero-order chi connectivity index (χ0) is 10.8. The number of hydrogen-bond acceptors (Lipinski definition) is 1. The van der Waals surface area contributed by atoms with Crippen LogP contribution >= 0.6 is 12.2 Å². The molecular formula is C12H20N2S. The molecule has 2 unspecified atom stereocenters. The van der Waals surface area contributed by atoms with Gasteiger partial charge in [-0.25, -0.2) is 0 Å². The molecule has 3 heteroatoms. The van der Waals surface area contributed by atoms with Gasteiger partial charge in [-0.1, -0.05) is 19.8 Å². The first-order chi connectivity index (χ1) is 7.16. The van der Waals surface area contributed by atoms with Crippen LogP contribution < -0.4 is 0 Å². The Balaban J connectivity index is 2.05. The van der Waals surface area contributed by atoms with Crippen molar-refractivity contribution in [3.63, 3.8) is 0 Å². The van der Waals surface area contributed by atoms with Gasteiger partial charge < -0.3 is 9.55 Å². The summed E-state index contributed by atoms with van der Waals surface area (Å²) in [5, 5.41) is 0. The number of H-pyrrole nitrogens is 1. The molecule has 1 saturated carbocycles. The molecule has 1 aromatic heterocycles. The van der Waals surface area contributed by atoms with Crippen molar-refractivity contribution in [3.05, 3.63) is 16.7 Å². The van der Waals surface area contributed by atoms with Crippen molar-refractivity contribution < 1.29 is 0 Å². The Hall–Kier alpha value is -0.570. The van der Waals surface area contributed by atoms with Crippen molar-refractivity contribution in [1.82, 2.24) is 9.55 Å². The second kappa shape index (κ2) is 4.52. The Morgan fingerprint density at radius 2 is 2.33 bits per heavy atom. The van der Waals surface area contributed by atoms with Gasteiger partial charge in [-0.2, -0.15) is 0 Å². The molecule has 15 heavy (non-hydrogen) atoms. The average molecular weight is 224 g/mol. The van der Waals surface area contributed by atoms with Gasteiger partial charge in [-0.15, -0.1) is 0 Å². The quantitative estimate of drug-likeness (QED) is 0.760. The smallest absolute Gasteiger partial charge is 0.177 e. The fraction of sp³-hybridized carbons (Fsp3) is 0.750. The minimum atomic E-state index is 0.829. The largest absolute Gasteiger partial charge is 0.337 e. The van der Waals surface area contributed by atoms with Gasteiger partial charge in [0.25, 0.3) is 0 Å². The number of aromatic amines is 1. The SMILES string of the molecule is Cc1c[nH]c(=S)n1CC1CCCC(C)C1. The second-order valence-electron chi connectivity index (χ2n) is 4.98. The maximum Gasteiger partial charge on any atom is 0.177 e. The summed E-state index contributed by atoms with van der Waals surface area (Å²) in [4.78, 5) is 3.12. The highest BCUT2D eigenvalue weighted by Gasteiger charge is 2.19. The molecule has 2 atom stereocenters. The van der Waals surface area contributed by atoms with E-state index in [1.807, 2.05) is 6.20 Å². The molecule has 0 radical (unpaired) electrons. The lowest BCUT2D eigenvalue weighted by atomic mass is 9.82. The van der Waals surface area contributed by atoms with Crippen molar-refractivity contribution >= 4 is 12.2 Å². The van der Waals surface area contributed by atoms with Crippen molar-refractivity contribution in [1.29, 1.82) is 0 Å². The van der Waals surface area contributed by atoms with Crippen LogP contribution in [0, 0.1) is 23.5 Å². The summed E-state index contributed by atoms with van der Waals surface area (Å²) in [7, 11) is 0. The molecule has 0 bridgehead atoms. The minimum Gasteiger partial charge on any atom is -0.337 e. The molecule has 0 amide bonds. The molecule has 0 spiro atoms. The first kappa shape index (κ1) is 10.9. The number of aromatic nitrogens is 2. The Morgan fingerprint density at radius 3 is 2.93 bits per heavy atom. The Bertz CT molecular complexity index is 377. The van der Waals surface area contributed by atoms with Gasteiger partial charge in [-0.3, -0.25) is 0 Å². The normalized spacial score (nSPS) is 26.8. The number of nitrogens with zero attached hydrogens (tertiary/aromatic N) is 1. The van der Waals surface area contributed by atoms with Gasteiger partial charge >= 0.3 is 0 Å². The lowest BCUT2D eigenvalue weighted by Crippen LogP contribution is -2.19. The third kappa shape index (κ3) is 2.51. The average Bonchev–Trinajstić information content (AvgIpc) is 2.50. The molecule has 1 fully saturated rings. The Kier molecular flexibility index (Phi) is 3.29. The van der Waals surface area contributed by atoms with Crippen molar-refractivity contribution in [2.24, 2.45) is 11.8 Å². The van der Waals surface area contributed by atoms with Gasteiger partial charge in [0.05, 0.1) is 0 Å². The Morgan fingerprint density at radius 1 is 1.53 bits per heavy atom. The molecule has 84 valence electrons. The van der Waals surface area contributed by atoms with Crippen LogP contribution in [-0.4, -0.2) is 9.55 Å². The van der Waals surface area contributed by atoms with Crippen LogP contribution in [0.15, 0.2) is 6.20 Å². The van der Waals surface area contributed by atoms with E-state index in [9.17, 15) is 0 Å². The van der Waals surface area contributed by atoms with Crippen LogP contribution in [0.25, 0.3) is 0 Å². The highest BCUT2D eigenvalue weighted by molar-refractivity contribution is 7.71. The molecule has 0 aliphatic heterocycles. The molecule has 0 saturated heterocycles. The minimum absolute atomic E-state index is 0.829. The zero-order valence-electron chi connectivity index (χ0n) is 9.62. The first-order valence-electron chi connectivity index (χ1n) is 5.91. The van der Waals surface area contributed by atoms with E-state index < -0.39 is 0 Å². The molecule has 2 rings (SSSR count). The highest BCUT2D eigenvalue weighted by atomic mass is 32.1. The first-order valence-corrected chi connectivity index (χ1v) is 6.32. The van der Waals surface area contributed by atoms with Gasteiger partial charge in [-0.05, 0) is 43.8 Å². The van der Waals surface area contributed by atoms with Crippen LogP contribution in [-0.2, 0) is 6.54 Å². The highest BCUT2D eigenvalue weighted by Crippen LogP contribution is 2.29. The van der Waals surface area contributed by atoms with E-state index in [2.05, 4.69) is 23.4 Å². The summed E-state index contributed by atoms with van der Waals surface area (Å²) >= 11 is 5.28. The number of aryl methyl sites for hydroxylation is 1. The van der Waals surface area contributed by atoms with E-state index in [-0.39, 0.29) is 0 Å². The summed E-state index contributed by atoms with van der Waals surface area (Å²) in [5.74, 6) is 1.73. The van der Waals surface area contributed by atoms with E-state index >= 15 is 0 Å². The Labute approximate surface area is 96.7 Å². The van der Waals surface area contributed by atoms with Gasteiger partial charge in [0.2, 0.25) is 0 Å². The van der Waals surface area contributed by atoms with Crippen LogP contribution in [0.3, 0.4) is 0 Å². The van der Waals surface area contributed by atoms with Gasteiger partial charge in [0.15, 0.2) is 4.77 Å². The van der Waals surface area contributed by atoms with Gasteiger partial charge in [0, 0.05) is 18.4 Å². The molecule has 1 aliphatic rings. The van der Waals surface area contributed by atoms with E-state index in [1.54, 1.807) is 0 Å². The fourth-order valence-corrected chi connectivity index (χ4v) is 2.97.